The van der Waals surface area contributed by atoms with Gasteiger partial charge in [-0.15, -0.1) is 0 Å². The fourth-order valence-electron chi connectivity index (χ4n) is 2.93. The normalized spacial score (nSPS) is 10.9. The lowest BCUT2D eigenvalue weighted by Crippen LogP contribution is -2.26. The minimum Gasteiger partial charge on any atom is -0.435 e. The highest BCUT2D eigenvalue weighted by atomic mass is 19.3. The highest BCUT2D eigenvalue weighted by molar-refractivity contribution is 5.95. The predicted octanol–water partition coefficient (Wildman–Crippen LogP) is 4.06. The van der Waals surface area contributed by atoms with Crippen LogP contribution in [-0.2, 0) is 6.42 Å². The monoisotopic (exact) mass is 385 g/mol. The van der Waals surface area contributed by atoms with Gasteiger partial charge in [-0.2, -0.15) is 13.9 Å². The Labute approximate surface area is 161 Å². The smallest absolute Gasteiger partial charge is 0.387 e. The Morgan fingerprint density at radius 3 is 2.54 bits per heavy atom. The highest BCUT2D eigenvalue weighted by Gasteiger charge is 2.15. The molecule has 28 heavy (non-hydrogen) atoms. The van der Waals surface area contributed by atoms with E-state index in [1.165, 1.54) is 12.1 Å². The molecule has 1 aromatic heterocycles. The van der Waals surface area contributed by atoms with Gasteiger partial charge in [0.2, 0.25) is 0 Å². The van der Waals surface area contributed by atoms with Gasteiger partial charge >= 0.3 is 6.61 Å². The first-order chi connectivity index (χ1) is 13.5. The van der Waals surface area contributed by atoms with Crippen molar-refractivity contribution in [1.29, 1.82) is 0 Å². The van der Waals surface area contributed by atoms with Crippen LogP contribution in [0.4, 0.5) is 8.78 Å². The minimum atomic E-state index is -2.84. The first kappa shape index (κ1) is 19.5. The number of rotatable bonds is 7. The Morgan fingerprint density at radius 2 is 1.86 bits per heavy atom. The summed E-state index contributed by atoms with van der Waals surface area (Å²) < 4.78 is 30.4. The van der Waals surface area contributed by atoms with Gasteiger partial charge in [0, 0.05) is 6.54 Å². The molecule has 7 heteroatoms. The van der Waals surface area contributed by atoms with Gasteiger partial charge in [0.25, 0.3) is 5.91 Å². The van der Waals surface area contributed by atoms with Gasteiger partial charge < -0.3 is 10.1 Å². The van der Waals surface area contributed by atoms with E-state index in [0.29, 0.717) is 18.5 Å². The number of hydrogen-bond acceptors (Lipinski definition) is 3. The van der Waals surface area contributed by atoms with Crippen LogP contribution in [0.15, 0.2) is 54.7 Å². The maximum absolute atomic E-state index is 12.5. The number of alkyl halides is 2. The second-order valence-electron chi connectivity index (χ2n) is 6.37. The van der Waals surface area contributed by atoms with Gasteiger partial charge in [-0.25, -0.2) is 4.68 Å². The zero-order valence-corrected chi connectivity index (χ0v) is 15.7. The molecule has 0 spiro atoms. The molecule has 3 rings (SSSR count). The third-order valence-electron chi connectivity index (χ3n) is 4.45. The largest absolute Gasteiger partial charge is 0.435 e. The van der Waals surface area contributed by atoms with E-state index in [1.807, 2.05) is 38.1 Å². The van der Waals surface area contributed by atoms with Crippen molar-refractivity contribution in [2.75, 3.05) is 6.54 Å². The average molecular weight is 385 g/mol. The number of amides is 1. The van der Waals surface area contributed by atoms with Gasteiger partial charge in [-0.3, -0.25) is 4.79 Å². The summed E-state index contributed by atoms with van der Waals surface area (Å²) in [5.41, 5.74) is 4.20. The van der Waals surface area contributed by atoms with Crippen LogP contribution in [-0.4, -0.2) is 28.8 Å². The third-order valence-corrected chi connectivity index (χ3v) is 4.45. The molecule has 1 heterocycles. The van der Waals surface area contributed by atoms with Gasteiger partial charge in [0.1, 0.15) is 5.75 Å². The Hall–Kier alpha value is -3.22. The van der Waals surface area contributed by atoms with E-state index < -0.39 is 6.61 Å². The summed E-state index contributed by atoms with van der Waals surface area (Å²) in [6.07, 6.45) is 2.14. The Balaban J connectivity index is 1.59. The summed E-state index contributed by atoms with van der Waals surface area (Å²) in [4.78, 5) is 12.5. The number of para-hydroxylation sites is 1. The molecule has 0 bridgehead atoms. The van der Waals surface area contributed by atoms with Crippen LogP contribution in [0.2, 0.25) is 0 Å². The summed E-state index contributed by atoms with van der Waals surface area (Å²) in [5, 5.41) is 7.22. The first-order valence-electron chi connectivity index (χ1n) is 8.88. The van der Waals surface area contributed by atoms with Gasteiger partial charge in [0.05, 0.1) is 23.1 Å². The molecule has 0 unspecified atom stereocenters. The standard InChI is InChI=1S/C21H21F2N3O2/c1-14-5-3-4-6-19(14)26-15(2)18(13-25-26)20(27)24-12-11-16-7-9-17(10-8-16)28-21(22)23/h3-10,13,21H,11-12H2,1-2H3,(H,24,27). The van der Waals surface area contributed by atoms with Crippen LogP contribution in [0.5, 0.6) is 5.75 Å². The maximum atomic E-state index is 12.5. The van der Waals surface area contributed by atoms with E-state index in [2.05, 4.69) is 15.2 Å². The molecule has 1 N–H and O–H groups in total. The van der Waals surface area contributed by atoms with Crippen LogP contribution >= 0.6 is 0 Å². The van der Waals surface area contributed by atoms with Gasteiger partial charge in [-0.1, -0.05) is 30.3 Å². The Morgan fingerprint density at radius 1 is 1.14 bits per heavy atom. The summed E-state index contributed by atoms with van der Waals surface area (Å²) >= 11 is 0. The zero-order valence-electron chi connectivity index (χ0n) is 15.7. The lowest BCUT2D eigenvalue weighted by atomic mass is 10.1. The topological polar surface area (TPSA) is 56.2 Å². The second kappa shape index (κ2) is 8.65. The number of aromatic nitrogens is 2. The number of nitrogens with zero attached hydrogens (tertiary/aromatic N) is 2. The average Bonchev–Trinajstić information content (AvgIpc) is 3.04. The predicted molar refractivity (Wildman–Crippen MR) is 102 cm³/mol. The molecular weight excluding hydrogens is 364 g/mol. The number of benzene rings is 2. The van der Waals surface area contributed by atoms with Crippen LogP contribution in [0.1, 0.15) is 27.2 Å². The van der Waals surface area contributed by atoms with Crippen molar-refractivity contribution in [1.82, 2.24) is 15.1 Å². The Kier molecular flexibility index (Phi) is 6.03. The van der Waals surface area contributed by atoms with Crippen molar-refractivity contribution < 1.29 is 18.3 Å². The van der Waals surface area contributed by atoms with E-state index in [4.69, 9.17) is 0 Å². The van der Waals surface area contributed by atoms with Crippen LogP contribution < -0.4 is 10.1 Å². The molecule has 1 amide bonds. The van der Waals surface area contributed by atoms with E-state index >= 15 is 0 Å². The van der Waals surface area contributed by atoms with Gasteiger partial charge in [0.15, 0.2) is 0 Å². The fourth-order valence-corrected chi connectivity index (χ4v) is 2.93. The van der Waals surface area contributed by atoms with Crippen molar-refractivity contribution in [3.05, 3.63) is 77.1 Å². The molecule has 2 aromatic carbocycles. The zero-order chi connectivity index (χ0) is 20.1. The number of aryl methyl sites for hydroxylation is 1. The molecule has 0 atom stereocenters. The number of carbonyl (C=O) groups excluding carboxylic acids is 1. The molecule has 0 saturated carbocycles. The summed E-state index contributed by atoms with van der Waals surface area (Å²) in [6, 6.07) is 14.2. The summed E-state index contributed by atoms with van der Waals surface area (Å²) in [5.74, 6) is -0.0861. The summed E-state index contributed by atoms with van der Waals surface area (Å²) in [7, 11) is 0. The lowest BCUT2D eigenvalue weighted by Gasteiger charge is -2.09. The van der Waals surface area contributed by atoms with Crippen molar-refractivity contribution >= 4 is 5.91 Å². The maximum Gasteiger partial charge on any atom is 0.387 e. The molecule has 146 valence electrons. The van der Waals surface area contributed by atoms with E-state index in [0.717, 1.165) is 22.5 Å². The fraction of sp³-hybridized carbons (Fsp3) is 0.238. The van der Waals surface area contributed by atoms with Crippen molar-refractivity contribution in [3.63, 3.8) is 0 Å². The lowest BCUT2D eigenvalue weighted by molar-refractivity contribution is -0.0498. The quantitative estimate of drug-likeness (QED) is 0.667. The number of ether oxygens (including phenoxy) is 1. The van der Waals surface area contributed by atoms with Crippen LogP contribution in [0.25, 0.3) is 5.69 Å². The Bertz CT molecular complexity index is 953. The molecule has 0 fully saturated rings. The third kappa shape index (κ3) is 4.54. The molecule has 0 aliphatic rings. The van der Waals surface area contributed by atoms with Crippen molar-refractivity contribution in [2.24, 2.45) is 0 Å². The number of halogens is 2. The molecule has 0 radical (unpaired) electrons. The van der Waals surface area contributed by atoms with Crippen LogP contribution in [0, 0.1) is 13.8 Å². The van der Waals surface area contributed by atoms with E-state index in [-0.39, 0.29) is 11.7 Å². The first-order valence-corrected chi connectivity index (χ1v) is 8.88. The van der Waals surface area contributed by atoms with E-state index in [9.17, 15) is 13.6 Å². The number of hydrogen-bond donors (Lipinski definition) is 1. The molecule has 0 saturated heterocycles. The van der Waals surface area contributed by atoms with Crippen molar-refractivity contribution in [2.45, 2.75) is 26.9 Å². The van der Waals surface area contributed by atoms with Crippen molar-refractivity contribution in [3.8, 4) is 11.4 Å². The van der Waals surface area contributed by atoms with Crippen LogP contribution in [0.3, 0.4) is 0 Å². The summed E-state index contributed by atoms with van der Waals surface area (Å²) in [6.45, 7) is 1.43. The highest BCUT2D eigenvalue weighted by Crippen LogP contribution is 2.18. The van der Waals surface area contributed by atoms with Gasteiger partial charge in [-0.05, 0) is 49.6 Å². The molecule has 3 aromatic rings. The van der Waals surface area contributed by atoms with E-state index in [1.54, 1.807) is 23.0 Å². The molecular formula is C21H21F2N3O2. The minimum absolute atomic E-state index is 0.113. The SMILES string of the molecule is Cc1ccccc1-n1ncc(C(=O)NCCc2ccc(OC(F)F)cc2)c1C. The second-order valence-corrected chi connectivity index (χ2v) is 6.37. The number of carbonyl (C=O) groups is 1. The molecule has 0 aliphatic heterocycles. The molecule has 0 aliphatic carbocycles. The molecule has 5 nitrogen and oxygen atoms in total. The number of nitrogens with one attached hydrogen (secondary N) is 1.